The van der Waals surface area contributed by atoms with E-state index < -0.39 is 11.5 Å². The van der Waals surface area contributed by atoms with Crippen LogP contribution in [-0.2, 0) is 11.3 Å². The lowest BCUT2D eigenvalue weighted by Crippen LogP contribution is -2.19. The Morgan fingerprint density at radius 3 is 2.52 bits per heavy atom. The van der Waals surface area contributed by atoms with Crippen LogP contribution in [0.15, 0.2) is 65.5 Å². The molecule has 1 heterocycles. The van der Waals surface area contributed by atoms with Gasteiger partial charge in [-0.2, -0.15) is 0 Å². The summed E-state index contributed by atoms with van der Waals surface area (Å²) in [4.78, 5) is 26.7. The van der Waals surface area contributed by atoms with Crippen LogP contribution in [0.5, 0.6) is 0 Å². The second-order valence-electron chi connectivity index (χ2n) is 4.66. The monoisotopic (exact) mass is 279 g/mol. The van der Waals surface area contributed by atoms with Crippen molar-refractivity contribution in [3.8, 4) is 0 Å². The maximum absolute atomic E-state index is 12.0. The summed E-state index contributed by atoms with van der Waals surface area (Å²) in [5, 5.41) is 0.795. The summed E-state index contributed by atoms with van der Waals surface area (Å²) < 4.78 is 5.18. The van der Waals surface area contributed by atoms with E-state index in [1.807, 2.05) is 48.5 Å². The SMILES string of the molecule is O=C(OCc1ccccc1)c1cc2ccccc2[nH]c1=O. The molecule has 1 N–H and O–H groups in total. The molecule has 2 aromatic carbocycles. The number of aromatic nitrogens is 1. The molecule has 0 atom stereocenters. The van der Waals surface area contributed by atoms with Gasteiger partial charge in [0.1, 0.15) is 12.2 Å². The van der Waals surface area contributed by atoms with E-state index in [0.717, 1.165) is 10.9 Å². The van der Waals surface area contributed by atoms with Gasteiger partial charge in [-0.15, -0.1) is 0 Å². The van der Waals surface area contributed by atoms with Gasteiger partial charge in [-0.05, 0) is 23.1 Å². The topological polar surface area (TPSA) is 59.2 Å². The summed E-state index contributed by atoms with van der Waals surface area (Å²) in [6, 6.07) is 18.2. The first-order chi connectivity index (χ1) is 10.2. The summed E-state index contributed by atoms with van der Waals surface area (Å²) in [5.74, 6) is -0.620. The second-order valence-corrected chi connectivity index (χ2v) is 4.66. The Labute approximate surface area is 121 Å². The van der Waals surface area contributed by atoms with Crippen LogP contribution in [0.2, 0.25) is 0 Å². The van der Waals surface area contributed by atoms with Gasteiger partial charge >= 0.3 is 5.97 Å². The average molecular weight is 279 g/mol. The molecule has 4 heteroatoms. The molecular weight excluding hydrogens is 266 g/mol. The third-order valence-corrected chi connectivity index (χ3v) is 3.19. The zero-order valence-electron chi connectivity index (χ0n) is 11.2. The predicted octanol–water partition coefficient (Wildman–Crippen LogP) is 2.89. The fourth-order valence-electron chi connectivity index (χ4n) is 2.10. The third kappa shape index (κ3) is 2.84. The highest BCUT2D eigenvalue weighted by molar-refractivity contribution is 5.93. The summed E-state index contributed by atoms with van der Waals surface area (Å²) >= 11 is 0. The van der Waals surface area contributed by atoms with Crippen LogP contribution in [0.4, 0.5) is 0 Å². The smallest absolute Gasteiger partial charge is 0.344 e. The minimum Gasteiger partial charge on any atom is -0.457 e. The standard InChI is InChI=1S/C17H13NO3/c19-16-14(10-13-8-4-5-9-15(13)18-16)17(20)21-11-12-6-2-1-3-7-12/h1-10H,11H2,(H,18,19). The number of carbonyl (C=O) groups is 1. The Hall–Kier alpha value is -2.88. The van der Waals surface area contributed by atoms with Crippen molar-refractivity contribution in [2.75, 3.05) is 0 Å². The fraction of sp³-hybridized carbons (Fsp3) is 0.0588. The van der Waals surface area contributed by atoms with Crippen LogP contribution in [-0.4, -0.2) is 11.0 Å². The van der Waals surface area contributed by atoms with Crippen LogP contribution in [0.3, 0.4) is 0 Å². The van der Waals surface area contributed by atoms with Crippen molar-refractivity contribution in [2.45, 2.75) is 6.61 Å². The number of fused-ring (bicyclic) bond motifs is 1. The molecule has 0 aliphatic rings. The van der Waals surface area contributed by atoms with Crippen LogP contribution in [0.25, 0.3) is 10.9 Å². The highest BCUT2D eigenvalue weighted by Crippen LogP contribution is 2.11. The van der Waals surface area contributed by atoms with Gasteiger partial charge in [-0.1, -0.05) is 48.5 Å². The highest BCUT2D eigenvalue weighted by atomic mass is 16.5. The van der Waals surface area contributed by atoms with E-state index in [1.165, 1.54) is 0 Å². The first-order valence-electron chi connectivity index (χ1n) is 6.57. The number of aromatic amines is 1. The zero-order valence-corrected chi connectivity index (χ0v) is 11.2. The quantitative estimate of drug-likeness (QED) is 0.750. The molecule has 0 bridgehead atoms. The van der Waals surface area contributed by atoms with Crippen molar-refractivity contribution in [2.24, 2.45) is 0 Å². The van der Waals surface area contributed by atoms with Crippen molar-refractivity contribution >= 4 is 16.9 Å². The molecule has 0 spiro atoms. The Balaban J connectivity index is 1.84. The largest absolute Gasteiger partial charge is 0.457 e. The Morgan fingerprint density at radius 2 is 1.71 bits per heavy atom. The number of para-hydroxylation sites is 1. The van der Waals surface area contributed by atoms with Crippen molar-refractivity contribution in [3.05, 3.63) is 82.1 Å². The molecule has 0 aliphatic carbocycles. The first kappa shape index (κ1) is 13.1. The first-order valence-corrected chi connectivity index (χ1v) is 6.57. The predicted molar refractivity (Wildman–Crippen MR) is 80.1 cm³/mol. The lowest BCUT2D eigenvalue weighted by Gasteiger charge is -2.05. The molecule has 3 rings (SSSR count). The van der Waals surface area contributed by atoms with Gasteiger partial charge in [0.25, 0.3) is 5.56 Å². The van der Waals surface area contributed by atoms with E-state index in [4.69, 9.17) is 4.74 Å². The molecular formula is C17H13NO3. The van der Waals surface area contributed by atoms with Crippen molar-refractivity contribution in [1.29, 1.82) is 0 Å². The van der Waals surface area contributed by atoms with Gasteiger partial charge in [-0.3, -0.25) is 4.79 Å². The van der Waals surface area contributed by atoms with Gasteiger partial charge in [0.05, 0.1) is 0 Å². The van der Waals surface area contributed by atoms with Gasteiger partial charge in [0, 0.05) is 5.52 Å². The summed E-state index contributed by atoms with van der Waals surface area (Å²) in [6.45, 7) is 0.145. The number of esters is 1. The lowest BCUT2D eigenvalue weighted by atomic mass is 10.1. The molecule has 21 heavy (non-hydrogen) atoms. The minimum absolute atomic E-state index is 0.0182. The summed E-state index contributed by atoms with van der Waals surface area (Å²) in [5.41, 5.74) is 1.15. The van der Waals surface area contributed by atoms with Gasteiger partial charge in [-0.25, -0.2) is 4.79 Å². The average Bonchev–Trinajstić information content (AvgIpc) is 2.53. The molecule has 4 nitrogen and oxygen atoms in total. The van der Waals surface area contributed by atoms with E-state index in [-0.39, 0.29) is 12.2 Å². The second kappa shape index (κ2) is 5.63. The van der Waals surface area contributed by atoms with E-state index in [1.54, 1.807) is 12.1 Å². The number of hydrogen-bond acceptors (Lipinski definition) is 3. The molecule has 0 saturated carbocycles. The molecule has 0 fully saturated rings. The van der Waals surface area contributed by atoms with Crippen molar-refractivity contribution in [3.63, 3.8) is 0 Å². The Morgan fingerprint density at radius 1 is 1.00 bits per heavy atom. The van der Waals surface area contributed by atoms with Crippen molar-refractivity contribution in [1.82, 2.24) is 4.98 Å². The number of H-pyrrole nitrogens is 1. The van der Waals surface area contributed by atoms with Gasteiger partial charge < -0.3 is 9.72 Å². The van der Waals surface area contributed by atoms with E-state index >= 15 is 0 Å². The zero-order chi connectivity index (χ0) is 14.7. The molecule has 0 unspecified atom stereocenters. The highest BCUT2D eigenvalue weighted by Gasteiger charge is 2.13. The van der Waals surface area contributed by atoms with Crippen LogP contribution in [0, 0.1) is 0 Å². The molecule has 1 aromatic heterocycles. The number of hydrogen-bond donors (Lipinski definition) is 1. The van der Waals surface area contributed by atoms with Crippen LogP contribution < -0.4 is 5.56 Å². The number of pyridine rings is 1. The van der Waals surface area contributed by atoms with Crippen LogP contribution in [0.1, 0.15) is 15.9 Å². The Bertz CT molecular complexity index is 837. The Kier molecular flexibility index (Phi) is 3.51. The van der Waals surface area contributed by atoms with E-state index in [9.17, 15) is 9.59 Å². The molecule has 104 valence electrons. The maximum Gasteiger partial charge on any atom is 0.344 e. The van der Waals surface area contributed by atoms with Crippen LogP contribution >= 0.6 is 0 Å². The number of ether oxygens (including phenoxy) is 1. The number of carbonyl (C=O) groups excluding carboxylic acids is 1. The molecule has 0 radical (unpaired) electrons. The normalized spacial score (nSPS) is 10.5. The molecule has 0 saturated heterocycles. The third-order valence-electron chi connectivity index (χ3n) is 3.19. The summed E-state index contributed by atoms with van der Waals surface area (Å²) in [6.07, 6.45) is 0. The lowest BCUT2D eigenvalue weighted by molar-refractivity contribution is 0.0471. The number of rotatable bonds is 3. The van der Waals surface area contributed by atoms with Gasteiger partial charge in [0.15, 0.2) is 0 Å². The number of nitrogens with one attached hydrogen (secondary N) is 1. The molecule has 3 aromatic rings. The van der Waals surface area contributed by atoms with E-state index in [2.05, 4.69) is 4.98 Å². The number of benzene rings is 2. The fourth-order valence-corrected chi connectivity index (χ4v) is 2.10. The minimum atomic E-state index is -0.620. The van der Waals surface area contributed by atoms with Gasteiger partial charge in [0.2, 0.25) is 0 Å². The van der Waals surface area contributed by atoms with E-state index in [0.29, 0.717) is 5.52 Å². The summed E-state index contributed by atoms with van der Waals surface area (Å²) in [7, 11) is 0. The molecule has 0 aliphatic heterocycles. The molecule has 0 amide bonds. The maximum atomic E-state index is 12.0. The van der Waals surface area contributed by atoms with Crippen molar-refractivity contribution < 1.29 is 9.53 Å².